The predicted molar refractivity (Wildman–Crippen MR) is 79.4 cm³/mol. The van der Waals surface area contributed by atoms with Crippen LogP contribution in [-0.2, 0) is 6.54 Å². The number of hydrogen-bond acceptors (Lipinski definition) is 1. The van der Waals surface area contributed by atoms with Gasteiger partial charge in [0, 0.05) is 29.5 Å². The van der Waals surface area contributed by atoms with Gasteiger partial charge < -0.3 is 10.3 Å². The van der Waals surface area contributed by atoms with Gasteiger partial charge in [0.05, 0.1) is 0 Å². The van der Waals surface area contributed by atoms with Crippen molar-refractivity contribution in [3.63, 3.8) is 0 Å². The number of aromatic nitrogens is 1. The summed E-state index contributed by atoms with van der Waals surface area (Å²) in [6, 6.07) is 10.6. The van der Waals surface area contributed by atoms with Crippen molar-refractivity contribution in [3.05, 3.63) is 58.3 Å². The van der Waals surface area contributed by atoms with Crippen LogP contribution in [0.4, 0.5) is 0 Å². The first kappa shape index (κ1) is 13.4. The minimum Gasteiger partial charge on any atom is -0.350 e. The Bertz CT molecular complexity index is 517. The lowest BCUT2D eigenvalue weighted by Crippen LogP contribution is -2.15. The summed E-state index contributed by atoms with van der Waals surface area (Å²) < 4.78 is 3.30. The Hall–Kier alpha value is -1.06. The molecule has 0 saturated heterocycles. The lowest BCUT2D eigenvalue weighted by atomic mass is 10.00. The van der Waals surface area contributed by atoms with Gasteiger partial charge in [-0.2, -0.15) is 0 Å². The average Bonchev–Trinajstić information content (AvgIpc) is 2.76. The van der Waals surface area contributed by atoms with Gasteiger partial charge >= 0.3 is 0 Å². The molecule has 0 amide bonds. The van der Waals surface area contributed by atoms with Crippen LogP contribution in [0.2, 0.25) is 0 Å². The summed E-state index contributed by atoms with van der Waals surface area (Å²) in [7, 11) is 0. The van der Waals surface area contributed by atoms with Crippen molar-refractivity contribution < 1.29 is 0 Å². The van der Waals surface area contributed by atoms with E-state index in [1.165, 1.54) is 11.1 Å². The molecule has 2 aromatic rings. The van der Waals surface area contributed by atoms with Gasteiger partial charge in [0.1, 0.15) is 0 Å². The fourth-order valence-corrected chi connectivity index (χ4v) is 2.43. The molecule has 96 valence electrons. The molecule has 0 radical (unpaired) electrons. The number of nitrogens with two attached hydrogens (primary N) is 1. The van der Waals surface area contributed by atoms with E-state index in [-0.39, 0.29) is 6.04 Å². The summed E-state index contributed by atoms with van der Waals surface area (Å²) in [6.45, 7) is 5.18. The fraction of sp³-hybridized carbons (Fsp3) is 0.333. The standard InChI is InChI=1S/C15H19BrN2/c1-11(2)15(17)13-6-7-18(10-13)9-12-4-3-5-14(16)8-12/h3-8,10-11,15H,9,17H2,1-2H3. The molecular weight excluding hydrogens is 288 g/mol. The van der Waals surface area contributed by atoms with Crippen LogP contribution < -0.4 is 5.73 Å². The monoisotopic (exact) mass is 306 g/mol. The predicted octanol–water partition coefficient (Wildman–Crippen LogP) is 3.95. The third-order valence-corrected chi connectivity index (χ3v) is 3.62. The molecule has 0 aliphatic heterocycles. The third kappa shape index (κ3) is 3.24. The number of hydrogen-bond donors (Lipinski definition) is 1. The first-order chi connectivity index (χ1) is 8.56. The molecule has 0 bridgehead atoms. The van der Waals surface area contributed by atoms with E-state index in [2.05, 4.69) is 71.0 Å². The minimum absolute atomic E-state index is 0.119. The zero-order valence-corrected chi connectivity index (χ0v) is 12.4. The zero-order valence-electron chi connectivity index (χ0n) is 10.8. The van der Waals surface area contributed by atoms with Crippen LogP contribution in [0.25, 0.3) is 0 Å². The highest BCUT2D eigenvalue weighted by Crippen LogP contribution is 2.20. The van der Waals surface area contributed by atoms with E-state index < -0.39 is 0 Å². The zero-order chi connectivity index (χ0) is 13.1. The van der Waals surface area contributed by atoms with E-state index in [0.29, 0.717) is 5.92 Å². The second-order valence-corrected chi connectivity index (χ2v) is 5.93. The van der Waals surface area contributed by atoms with Crippen molar-refractivity contribution in [1.82, 2.24) is 4.57 Å². The van der Waals surface area contributed by atoms with E-state index in [9.17, 15) is 0 Å². The second kappa shape index (κ2) is 5.72. The molecule has 1 aromatic heterocycles. The maximum absolute atomic E-state index is 6.15. The average molecular weight is 307 g/mol. The Morgan fingerprint density at radius 1 is 1.28 bits per heavy atom. The Labute approximate surface area is 117 Å². The van der Waals surface area contributed by atoms with Gasteiger partial charge in [-0.15, -0.1) is 0 Å². The Kier molecular flexibility index (Phi) is 4.25. The minimum atomic E-state index is 0.119. The van der Waals surface area contributed by atoms with Crippen LogP contribution in [-0.4, -0.2) is 4.57 Å². The number of nitrogens with zero attached hydrogens (tertiary/aromatic N) is 1. The van der Waals surface area contributed by atoms with E-state index in [4.69, 9.17) is 5.73 Å². The highest BCUT2D eigenvalue weighted by molar-refractivity contribution is 9.10. The van der Waals surface area contributed by atoms with Crippen molar-refractivity contribution in [2.45, 2.75) is 26.4 Å². The van der Waals surface area contributed by atoms with Crippen molar-refractivity contribution >= 4 is 15.9 Å². The molecule has 0 fully saturated rings. The molecule has 0 aliphatic rings. The number of rotatable bonds is 4. The van der Waals surface area contributed by atoms with Gasteiger partial charge in [-0.1, -0.05) is 41.9 Å². The lowest BCUT2D eigenvalue weighted by Gasteiger charge is -2.13. The smallest absolute Gasteiger partial charge is 0.0470 e. The topological polar surface area (TPSA) is 30.9 Å². The quantitative estimate of drug-likeness (QED) is 0.911. The first-order valence-corrected chi connectivity index (χ1v) is 7.01. The first-order valence-electron chi connectivity index (χ1n) is 6.22. The molecule has 1 unspecified atom stereocenters. The highest BCUT2D eigenvalue weighted by atomic mass is 79.9. The molecular formula is C15H19BrN2. The molecule has 2 rings (SSSR count). The summed E-state index contributed by atoms with van der Waals surface area (Å²) in [5.74, 6) is 0.465. The number of benzene rings is 1. The summed E-state index contributed by atoms with van der Waals surface area (Å²) in [5.41, 5.74) is 8.64. The molecule has 1 heterocycles. The Morgan fingerprint density at radius 2 is 2.06 bits per heavy atom. The molecule has 1 aromatic carbocycles. The number of halogens is 1. The summed E-state index contributed by atoms with van der Waals surface area (Å²) >= 11 is 3.49. The molecule has 3 heteroatoms. The Balaban J connectivity index is 2.11. The van der Waals surface area contributed by atoms with Crippen LogP contribution in [0.1, 0.15) is 31.0 Å². The van der Waals surface area contributed by atoms with Crippen LogP contribution in [0.3, 0.4) is 0 Å². The Morgan fingerprint density at radius 3 is 2.72 bits per heavy atom. The van der Waals surface area contributed by atoms with Gasteiger partial charge in [0.25, 0.3) is 0 Å². The molecule has 0 saturated carbocycles. The van der Waals surface area contributed by atoms with Crippen LogP contribution in [0.5, 0.6) is 0 Å². The molecule has 2 nitrogen and oxygen atoms in total. The third-order valence-electron chi connectivity index (χ3n) is 3.13. The van der Waals surface area contributed by atoms with Crippen LogP contribution in [0, 0.1) is 5.92 Å². The van der Waals surface area contributed by atoms with Gasteiger partial charge in [-0.25, -0.2) is 0 Å². The fourth-order valence-electron chi connectivity index (χ4n) is 1.99. The van der Waals surface area contributed by atoms with Crippen LogP contribution in [0.15, 0.2) is 47.2 Å². The van der Waals surface area contributed by atoms with Crippen LogP contribution >= 0.6 is 15.9 Å². The molecule has 0 aliphatic carbocycles. The summed E-state index contributed by atoms with van der Waals surface area (Å²) in [6.07, 6.45) is 4.24. The maximum atomic E-state index is 6.15. The molecule has 18 heavy (non-hydrogen) atoms. The lowest BCUT2D eigenvalue weighted by molar-refractivity contribution is 0.513. The van der Waals surface area contributed by atoms with E-state index in [1.807, 2.05) is 6.07 Å². The molecule has 1 atom stereocenters. The SMILES string of the molecule is CC(C)C(N)c1ccn(Cc2cccc(Br)c2)c1. The summed E-state index contributed by atoms with van der Waals surface area (Å²) in [4.78, 5) is 0. The van der Waals surface area contributed by atoms with Crippen molar-refractivity contribution in [1.29, 1.82) is 0 Å². The van der Waals surface area contributed by atoms with Gasteiger partial charge in [0.2, 0.25) is 0 Å². The molecule has 2 N–H and O–H groups in total. The van der Waals surface area contributed by atoms with Crippen molar-refractivity contribution in [2.24, 2.45) is 11.7 Å². The maximum Gasteiger partial charge on any atom is 0.0470 e. The van der Waals surface area contributed by atoms with Gasteiger partial charge in [-0.05, 0) is 35.2 Å². The van der Waals surface area contributed by atoms with Gasteiger partial charge in [-0.3, -0.25) is 0 Å². The molecule has 0 spiro atoms. The van der Waals surface area contributed by atoms with E-state index in [1.54, 1.807) is 0 Å². The summed E-state index contributed by atoms with van der Waals surface area (Å²) in [5, 5.41) is 0. The van der Waals surface area contributed by atoms with Crippen molar-refractivity contribution in [3.8, 4) is 0 Å². The highest BCUT2D eigenvalue weighted by Gasteiger charge is 2.11. The van der Waals surface area contributed by atoms with Gasteiger partial charge in [0.15, 0.2) is 0 Å². The van der Waals surface area contributed by atoms with Crippen molar-refractivity contribution in [2.75, 3.05) is 0 Å². The largest absolute Gasteiger partial charge is 0.350 e. The van der Waals surface area contributed by atoms with E-state index >= 15 is 0 Å². The second-order valence-electron chi connectivity index (χ2n) is 5.02. The normalized spacial score (nSPS) is 12.9. The van der Waals surface area contributed by atoms with E-state index in [0.717, 1.165) is 11.0 Å².